The van der Waals surface area contributed by atoms with Crippen LogP contribution in [-0.2, 0) is 6.54 Å². The van der Waals surface area contributed by atoms with Crippen LogP contribution in [0.5, 0.6) is 17.2 Å². The van der Waals surface area contributed by atoms with Gasteiger partial charge in [0.25, 0.3) is 0 Å². The number of nitrogens with zero attached hydrogens (tertiary/aromatic N) is 1. The van der Waals surface area contributed by atoms with Crippen LogP contribution in [0.25, 0.3) is 0 Å². The van der Waals surface area contributed by atoms with Gasteiger partial charge in [-0.05, 0) is 37.4 Å². The fourth-order valence-corrected chi connectivity index (χ4v) is 3.76. The van der Waals surface area contributed by atoms with Crippen LogP contribution in [-0.4, -0.2) is 52.4 Å². The van der Waals surface area contributed by atoms with E-state index in [2.05, 4.69) is 10.2 Å². The predicted octanol–water partition coefficient (Wildman–Crippen LogP) is 1.90. The Morgan fingerprint density at radius 1 is 1.05 bits per heavy atom. The van der Waals surface area contributed by atoms with E-state index in [0.29, 0.717) is 11.2 Å². The number of benzene rings is 1. The van der Waals surface area contributed by atoms with Crippen molar-refractivity contribution in [2.45, 2.75) is 19.4 Å². The number of hydrogen-bond donors (Lipinski definition) is 1. The standard InChI is InChI=1S/C17H26N2O3/c1-20-14-9-16(22-3)15(21-2)8-13(14)10-19-7-5-17(12-19)4-6-18-11-17/h8-9,18H,4-7,10-12H2,1-3H3. The minimum Gasteiger partial charge on any atom is -0.496 e. The van der Waals surface area contributed by atoms with Gasteiger partial charge in [-0.15, -0.1) is 0 Å². The molecule has 5 nitrogen and oxygen atoms in total. The summed E-state index contributed by atoms with van der Waals surface area (Å²) in [6, 6.07) is 3.95. The molecule has 1 unspecified atom stereocenters. The van der Waals surface area contributed by atoms with Crippen LogP contribution in [0.4, 0.5) is 0 Å². The molecule has 2 aliphatic rings. The molecule has 0 bridgehead atoms. The molecule has 1 atom stereocenters. The Balaban J connectivity index is 1.77. The Morgan fingerprint density at radius 2 is 1.77 bits per heavy atom. The Bertz CT molecular complexity index is 527. The molecule has 3 rings (SSSR count). The van der Waals surface area contributed by atoms with Gasteiger partial charge < -0.3 is 19.5 Å². The lowest BCUT2D eigenvalue weighted by molar-refractivity contribution is 0.264. The summed E-state index contributed by atoms with van der Waals surface area (Å²) < 4.78 is 16.3. The minimum atomic E-state index is 0.490. The number of rotatable bonds is 5. The zero-order valence-corrected chi connectivity index (χ0v) is 13.8. The third kappa shape index (κ3) is 2.88. The highest BCUT2D eigenvalue weighted by molar-refractivity contribution is 5.50. The highest BCUT2D eigenvalue weighted by atomic mass is 16.5. The first-order valence-electron chi connectivity index (χ1n) is 7.92. The monoisotopic (exact) mass is 306 g/mol. The van der Waals surface area contributed by atoms with E-state index in [4.69, 9.17) is 14.2 Å². The average molecular weight is 306 g/mol. The summed E-state index contributed by atoms with van der Waals surface area (Å²) >= 11 is 0. The molecule has 2 fully saturated rings. The van der Waals surface area contributed by atoms with Crippen LogP contribution in [0.15, 0.2) is 12.1 Å². The van der Waals surface area contributed by atoms with E-state index in [1.165, 1.54) is 12.8 Å². The lowest BCUT2D eigenvalue weighted by atomic mass is 9.86. The van der Waals surface area contributed by atoms with Crippen LogP contribution in [0.1, 0.15) is 18.4 Å². The minimum absolute atomic E-state index is 0.490. The lowest BCUT2D eigenvalue weighted by Gasteiger charge is -2.23. The lowest BCUT2D eigenvalue weighted by Crippen LogP contribution is -2.29. The molecule has 1 spiro atoms. The van der Waals surface area contributed by atoms with Gasteiger partial charge in [-0.25, -0.2) is 0 Å². The molecule has 2 aliphatic heterocycles. The first kappa shape index (κ1) is 15.4. The SMILES string of the molecule is COc1cc(OC)c(OC)cc1CN1CCC2(CCNC2)C1. The van der Waals surface area contributed by atoms with E-state index in [1.807, 2.05) is 12.1 Å². The summed E-state index contributed by atoms with van der Waals surface area (Å²) in [4.78, 5) is 2.52. The first-order valence-corrected chi connectivity index (χ1v) is 7.92. The Kier molecular flexibility index (Phi) is 4.45. The van der Waals surface area contributed by atoms with Gasteiger partial charge in [0.15, 0.2) is 11.5 Å². The third-order valence-electron chi connectivity index (χ3n) is 5.03. The topological polar surface area (TPSA) is 43.0 Å². The molecule has 2 heterocycles. The molecule has 2 saturated heterocycles. The van der Waals surface area contributed by atoms with Gasteiger partial charge in [0.05, 0.1) is 21.3 Å². The normalized spacial score (nSPS) is 24.9. The molecule has 0 saturated carbocycles. The number of likely N-dealkylation sites (tertiary alicyclic amines) is 1. The molecule has 122 valence electrons. The maximum atomic E-state index is 5.54. The number of methoxy groups -OCH3 is 3. The fraction of sp³-hybridized carbons (Fsp3) is 0.647. The number of ether oxygens (including phenoxy) is 3. The van der Waals surface area contributed by atoms with Crippen molar-refractivity contribution in [3.63, 3.8) is 0 Å². The van der Waals surface area contributed by atoms with Gasteiger partial charge in [-0.3, -0.25) is 4.90 Å². The Labute approximate surface area is 132 Å². The van der Waals surface area contributed by atoms with E-state index < -0.39 is 0 Å². The van der Waals surface area contributed by atoms with E-state index in [-0.39, 0.29) is 0 Å². The van der Waals surface area contributed by atoms with Crippen molar-refractivity contribution in [3.8, 4) is 17.2 Å². The molecular weight excluding hydrogens is 280 g/mol. The van der Waals surface area contributed by atoms with Gasteiger partial charge in [0, 0.05) is 31.3 Å². The van der Waals surface area contributed by atoms with E-state index in [1.54, 1.807) is 21.3 Å². The van der Waals surface area contributed by atoms with Gasteiger partial charge in [-0.2, -0.15) is 0 Å². The van der Waals surface area contributed by atoms with Crippen molar-refractivity contribution in [3.05, 3.63) is 17.7 Å². The summed E-state index contributed by atoms with van der Waals surface area (Å²) in [5.41, 5.74) is 1.65. The van der Waals surface area contributed by atoms with E-state index in [0.717, 1.165) is 49.8 Å². The van der Waals surface area contributed by atoms with Crippen molar-refractivity contribution >= 4 is 0 Å². The first-order chi connectivity index (χ1) is 10.7. The Morgan fingerprint density at radius 3 is 2.41 bits per heavy atom. The van der Waals surface area contributed by atoms with Gasteiger partial charge in [-0.1, -0.05) is 0 Å². The maximum absolute atomic E-state index is 5.54. The van der Waals surface area contributed by atoms with Crippen LogP contribution in [0, 0.1) is 5.41 Å². The van der Waals surface area contributed by atoms with Gasteiger partial charge in [0.1, 0.15) is 5.75 Å². The fourth-order valence-electron chi connectivity index (χ4n) is 3.76. The molecule has 22 heavy (non-hydrogen) atoms. The number of hydrogen-bond acceptors (Lipinski definition) is 5. The highest BCUT2D eigenvalue weighted by Gasteiger charge is 2.40. The molecule has 1 aromatic rings. The zero-order valence-electron chi connectivity index (χ0n) is 13.8. The summed E-state index contributed by atoms with van der Waals surface area (Å²) in [5, 5.41) is 3.51. The molecule has 1 N–H and O–H groups in total. The van der Waals surface area contributed by atoms with Gasteiger partial charge >= 0.3 is 0 Å². The zero-order chi connectivity index (χ0) is 15.6. The van der Waals surface area contributed by atoms with Gasteiger partial charge in [0.2, 0.25) is 0 Å². The molecular formula is C17H26N2O3. The highest BCUT2D eigenvalue weighted by Crippen LogP contribution is 2.39. The van der Waals surface area contributed by atoms with Crippen LogP contribution < -0.4 is 19.5 Å². The summed E-state index contributed by atoms with van der Waals surface area (Å²) in [5.74, 6) is 2.33. The second-order valence-corrected chi connectivity index (χ2v) is 6.41. The van der Waals surface area contributed by atoms with Crippen molar-refractivity contribution < 1.29 is 14.2 Å². The van der Waals surface area contributed by atoms with E-state index in [9.17, 15) is 0 Å². The smallest absolute Gasteiger partial charge is 0.164 e. The van der Waals surface area contributed by atoms with Crippen molar-refractivity contribution in [2.75, 3.05) is 47.5 Å². The van der Waals surface area contributed by atoms with Crippen LogP contribution in [0.3, 0.4) is 0 Å². The second kappa shape index (κ2) is 6.34. The van der Waals surface area contributed by atoms with Crippen molar-refractivity contribution in [1.82, 2.24) is 10.2 Å². The third-order valence-corrected chi connectivity index (χ3v) is 5.03. The average Bonchev–Trinajstić information content (AvgIpc) is 3.17. The summed E-state index contributed by atoms with van der Waals surface area (Å²) in [7, 11) is 5.02. The van der Waals surface area contributed by atoms with Crippen LogP contribution >= 0.6 is 0 Å². The van der Waals surface area contributed by atoms with Crippen molar-refractivity contribution in [2.24, 2.45) is 5.41 Å². The van der Waals surface area contributed by atoms with Crippen molar-refractivity contribution in [1.29, 1.82) is 0 Å². The Hall–Kier alpha value is -1.46. The van der Waals surface area contributed by atoms with Crippen LogP contribution in [0.2, 0.25) is 0 Å². The summed E-state index contributed by atoms with van der Waals surface area (Å²) in [6.45, 7) is 5.53. The van der Waals surface area contributed by atoms with E-state index >= 15 is 0 Å². The molecule has 0 amide bonds. The molecule has 5 heteroatoms. The predicted molar refractivity (Wildman–Crippen MR) is 85.9 cm³/mol. The molecule has 0 radical (unpaired) electrons. The molecule has 0 aromatic heterocycles. The largest absolute Gasteiger partial charge is 0.496 e. The quantitative estimate of drug-likeness (QED) is 0.900. The number of nitrogens with one attached hydrogen (secondary N) is 1. The maximum Gasteiger partial charge on any atom is 0.164 e. The molecule has 1 aromatic carbocycles. The second-order valence-electron chi connectivity index (χ2n) is 6.41. The summed E-state index contributed by atoms with van der Waals surface area (Å²) in [6.07, 6.45) is 2.59. The molecule has 0 aliphatic carbocycles.